The van der Waals surface area contributed by atoms with E-state index in [-0.39, 0.29) is 29.2 Å². The molecule has 12 heteroatoms. The lowest BCUT2D eigenvalue weighted by Crippen LogP contribution is -2.39. The fraction of sp³-hybridized carbons (Fsp3) is 0.212. The Morgan fingerprint density at radius 1 is 0.978 bits per heavy atom. The van der Waals surface area contributed by atoms with Gasteiger partial charge in [-0.15, -0.1) is 0 Å². The summed E-state index contributed by atoms with van der Waals surface area (Å²) in [5.41, 5.74) is 3.39. The first-order valence-electron chi connectivity index (χ1n) is 14.3. The number of hydrogen-bond acceptors (Lipinski definition) is 8. The Balaban J connectivity index is 1.43. The Hall–Kier alpha value is -5.07. The van der Waals surface area contributed by atoms with Gasteiger partial charge in [0.2, 0.25) is 15.9 Å². The maximum absolute atomic E-state index is 13.2. The van der Waals surface area contributed by atoms with Gasteiger partial charge < -0.3 is 15.0 Å². The van der Waals surface area contributed by atoms with Crippen LogP contribution in [-0.4, -0.2) is 43.8 Å². The van der Waals surface area contributed by atoms with Gasteiger partial charge in [0.05, 0.1) is 17.1 Å². The normalized spacial score (nSPS) is 12.4. The second-order valence-electron chi connectivity index (χ2n) is 10.4. The number of ether oxygens (including phenoxy) is 1. The SMILES string of the molecule is CCC(C)N(CC(=O)Nc1ccc(-c2ccccc2S(N)(=O)=O)cc1)c1cccc(C(=N)NC(=O)OC(C)c2ccccn2)c1. The molecule has 45 heavy (non-hydrogen) atoms. The zero-order valence-electron chi connectivity index (χ0n) is 25.2. The van der Waals surface area contributed by atoms with E-state index in [1.54, 1.807) is 92.0 Å². The summed E-state index contributed by atoms with van der Waals surface area (Å²) < 4.78 is 29.4. The molecule has 0 spiro atoms. The quantitative estimate of drug-likeness (QED) is 0.126. The van der Waals surface area contributed by atoms with Crippen LogP contribution in [0.5, 0.6) is 0 Å². The number of benzene rings is 3. The monoisotopic (exact) mass is 628 g/mol. The lowest BCUT2D eigenvalue weighted by atomic mass is 10.1. The summed E-state index contributed by atoms with van der Waals surface area (Å²) >= 11 is 0. The molecule has 2 unspecified atom stereocenters. The highest BCUT2D eigenvalue weighted by molar-refractivity contribution is 7.89. The smallest absolute Gasteiger partial charge is 0.413 e. The Kier molecular flexibility index (Phi) is 10.7. The van der Waals surface area contributed by atoms with Crippen molar-refractivity contribution in [2.75, 3.05) is 16.8 Å². The molecule has 0 saturated heterocycles. The summed E-state index contributed by atoms with van der Waals surface area (Å²) in [4.78, 5) is 31.8. The Morgan fingerprint density at radius 3 is 2.36 bits per heavy atom. The summed E-state index contributed by atoms with van der Waals surface area (Å²) in [5, 5.41) is 19.2. The van der Waals surface area contributed by atoms with Gasteiger partial charge in [-0.3, -0.25) is 20.5 Å². The predicted octanol–water partition coefficient (Wildman–Crippen LogP) is 5.45. The average molecular weight is 629 g/mol. The summed E-state index contributed by atoms with van der Waals surface area (Å²) in [6.45, 7) is 5.74. The maximum atomic E-state index is 13.2. The number of rotatable bonds is 11. The second-order valence-corrected chi connectivity index (χ2v) is 11.9. The summed E-state index contributed by atoms with van der Waals surface area (Å²) in [5.74, 6) is -0.411. The van der Waals surface area contributed by atoms with Crippen molar-refractivity contribution in [1.29, 1.82) is 5.41 Å². The molecular formula is C33H36N6O5S. The van der Waals surface area contributed by atoms with Crippen molar-refractivity contribution in [3.05, 3.63) is 108 Å². The fourth-order valence-electron chi connectivity index (χ4n) is 4.64. The first-order valence-corrected chi connectivity index (χ1v) is 15.9. The van der Waals surface area contributed by atoms with Gasteiger partial charge in [-0.2, -0.15) is 0 Å². The van der Waals surface area contributed by atoms with Crippen molar-refractivity contribution < 1.29 is 22.7 Å². The molecule has 1 aromatic heterocycles. The molecule has 234 valence electrons. The van der Waals surface area contributed by atoms with E-state index in [1.165, 1.54) is 6.07 Å². The number of amidine groups is 1. The Bertz CT molecular complexity index is 1760. The van der Waals surface area contributed by atoms with E-state index in [2.05, 4.69) is 15.6 Å². The zero-order valence-corrected chi connectivity index (χ0v) is 26.0. The number of nitrogens with zero attached hydrogens (tertiary/aromatic N) is 2. The highest BCUT2D eigenvalue weighted by Crippen LogP contribution is 2.28. The second kappa shape index (κ2) is 14.6. The van der Waals surface area contributed by atoms with Crippen LogP contribution >= 0.6 is 0 Å². The van der Waals surface area contributed by atoms with Crippen molar-refractivity contribution in [2.24, 2.45) is 5.14 Å². The zero-order chi connectivity index (χ0) is 32.6. The molecular weight excluding hydrogens is 592 g/mol. The number of aromatic nitrogens is 1. The van der Waals surface area contributed by atoms with Gasteiger partial charge >= 0.3 is 6.09 Å². The topological polar surface area (TPSA) is 168 Å². The summed E-state index contributed by atoms with van der Waals surface area (Å²) in [6.07, 6.45) is 0.989. The highest BCUT2D eigenvalue weighted by atomic mass is 32.2. The summed E-state index contributed by atoms with van der Waals surface area (Å²) in [7, 11) is -3.91. The predicted molar refractivity (Wildman–Crippen MR) is 175 cm³/mol. The van der Waals surface area contributed by atoms with Crippen LogP contribution < -0.4 is 20.7 Å². The fourth-order valence-corrected chi connectivity index (χ4v) is 5.41. The number of amides is 2. The molecule has 4 aromatic rings. The molecule has 0 aliphatic heterocycles. The van der Waals surface area contributed by atoms with Crippen LogP contribution in [0.1, 0.15) is 44.6 Å². The van der Waals surface area contributed by atoms with Crippen LogP contribution in [0, 0.1) is 5.41 Å². The number of pyridine rings is 1. The average Bonchev–Trinajstić information content (AvgIpc) is 3.03. The number of nitrogens with one attached hydrogen (secondary N) is 3. The number of carbonyl (C=O) groups excluding carboxylic acids is 2. The lowest BCUT2D eigenvalue weighted by molar-refractivity contribution is -0.115. The molecule has 0 saturated carbocycles. The molecule has 0 bridgehead atoms. The van der Waals surface area contributed by atoms with E-state index in [4.69, 9.17) is 15.3 Å². The minimum absolute atomic E-state index is 0.0191. The Labute approximate surface area is 263 Å². The first kappa shape index (κ1) is 32.8. The van der Waals surface area contributed by atoms with E-state index in [0.717, 1.165) is 6.42 Å². The number of hydrogen-bond donors (Lipinski definition) is 4. The largest absolute Gasteiger partial charge is 0.440 e. The van der Waals surface area contributed by atoms with Gasteiger partial charge in [-0.05, 0) is 68.3 Å². The van der Waals surface area contributed by atoms with E-state index in [1.807, 2.05) is 24.8 Å². The molecule has 11 nitrogen and oxygen atoms in total. The Morgan fingerprint density at radius 2 is 1.69 bits per heavy atom. The number of primary sulfonamides is 1. The summed E-state index contributed by atoms with van der Waals surface area (Å²) in [6, 6.07) is 25.6. The third kappa shape index (κ3) is 8.74. The lowest BCUT2D eigenvalue weighted by Gasteiger charge is -2.30. The van der Waals surface area contributed by atoms with E-state index in [0.29, 0.717) is 33.8 Å². The van der Waals surface area contributed by atoms with Crippen LogP contribution in [0.2, 0.25) is 0 Å². The van der Waals surface area contributed by atoms with E-state index in [9.17, 15) is 18.0 Å². The van der Waals surface area contributed by atoms with Gasteiger partial charge in [0.1, 0.15) is 11.9 Å². The standard InChI is InChI=1S/C33H36N6O5S/c1-4-22(2)39(21-31(40)37-26-17-15-24(16-18-26)28-12-5-6-14-30(28)45(35,42)43)27-11-9-10-25(20-27)32(34)38-33(41)44-23(3)29-13-7-8-19-36-29/h5-20,22-23H,4,21H2,1-3H3,(H,37,40)(H2,34,38,41)(H2,35,42,43). The molecule has 0 aliphatic rings. The molecule has 2 atom stereocenters. The molecule has 0 radical (unpaired) electrons. The van der Waals surface area contributed by atoms with Crippen molar-refractivity contribution in [3.8, 4) is 11.1 Å². The molecule has 0 fully saturated rings. The third-order valence-corrected chi connectivity index (χ3v) is 8.16. The van der Waals surface area contributed by atoms with Crippen molar-refractivity contribution in [1.82, 2.24) is 10.3 Å². The van der Waals surface area contributed by atoms with Crippen LogP contribution in [0.4, 0.5) is 16.2 Å². The molecule has 3 aromatic carbocycles. The number of anilines is 2. The molecule has 1 heterocycles. The van der Waals surface area contributed by atoms with Gasteiger partial charge in [0, 0.05) is 34.7 Å². The van der Waals surface area contributed by atoms with Crippen LogP contribution in [-0.2, 0) is 19.6 Å². The number of nitrogens with two attached hydrogens (primary N) is 1. The molecule has 2 amide bonds. The molecule has 4 rings (SSSR count). The minimum atomic E-state index is -3.91. The number of alkyl carbamates (subject to hydrolysis) is 1. The highest BCUT2D eigenvalue weighted by Gasteiger charge is 2.20. The molecule has 0 aliphatic carbocycles. The maximum Gasteiger partial charge on any atom is 0.413 e. The number of carbonyl (C=O) groups is 2. The van der Waals surface area contributed by atoms with Gasteiger partial charge in [0.15, 0.2) is 0 Å². The van der Waals surface area contributed by atoms with Gasteiger partial charge in [-0.25, -0.2) is 18.4 Å². The van der Waals surface area contributed by atoms with Crippen LogP contribution in [0.3, 0.4) is 0 Å². The first-order chi connectivity index (χ1) is 21.5. The van der Waals surface area contributed by atoms with Crippen molar-refractivity contribution in [3.63, 3.8) is 0 Å². The minimum Gasteiger partial charge on any atom is -0.440 e. The van der Waals surface area contributed by atoms with Crippen LogP contribution in [0.15, 0.2) is 102 Å². The third-order valence-electron chi connectivity index (χ3n) is 7.19. The molecule has 5 N–H and O–H groups in total. The van der Waals surface area contributed by atoms with Gasteiger partial charge in [0.25, 0.3) is 0 Å². The number of sulfonamides is 1. The van der Waals surface area contributed by atoms with Gasteiger partial charge in [-0.1, -0.05) is 55.5 Å². The van der Waals surface area contributed by atoms with Crippen LogP contribution in [0.25, 0.3) is 11.1 Å². The van der Waals surface area contributed by atoms with Crippen molar-refractivity contribution in [2.45, 2.75) is 44.2 Å². The van der Waals surface area contributed by atoms with E-state index >= 15 is 0 Å². The van der Waals surface area contributed by atoms with E-state index < -0.39 is 22.2 Å². The van der Waals surface area contributed by atoms with Crippen molar-refractivity contribution >= 4 is 39.2 Å².